The van der Waals surface area contributed by atoms with Crippen molar-refractivity contribution in [2.24, 2.45) is 16.1 Å². The third-order valence-corrected chi connectivity index (χ3v) is 2.88. The van der Waals surface area contributed by atoms with Gasteiger partial charge in [0.05, 0.1) is 11.8 Å². The maximum Gasteiger partial charge on any atom is 0.0623 e. The van der Waals surface area contributed by atoms with E-state index in [1.807, 2.05) is 6.08 Å². The normalized spacial score (nSPS) is 15.2. The molecule has 0 amide bonds. The van der Waals surface area contributed by atoms with Gasteiger partial charge in [0.15, 0.2) is 0 Å². The van der Waals surface area contributed by atoms with Crippen LogP contribution in [0.1, 0.15) is 53.9 Å². The van der Waals surface area contributed by atoms with Crippen molar-refractivity contribution in [1.82, 2.24) is 0 Å². The third kappa shape index (κ3) is 5.71. The molecule has 0 fully saturated rings. The quantitative estimate of drug-likeness (QED) is 0.693. The highest BCUT2D eigenvalue weighted by molar-refractivity contribution is 6.08. The van der Waals surface area contributed by atoms with E-state index in [2.05, 4.69) is 41.2 Å². The summed E-state index contributed by atoms with van der Waals surface area (Å²) in [6, 6.07) is 0.380. The minimum Gasteiger partial charge on any atom is -0.405 e. The molecule has 1 unspecified atom stereocenters. The molecule has 0 aromatic rings. The first-order valence-corrected chi connectivity index (χ1v) is 6.52. The first-order valence-electron chi connectivity index (χ1n) is 6.52. The first-order chi connectivity index (χ1) is 7.86. The summed E-state index contributed by atoms with van der Waals surface area (Å²) >= 11 is 0. The zero-order valence-corrected chi connectivity index (χ0v) is 12.1. The van der Waals surface area contributed by atoms with Crippen molar-refractivity contribution in [3.63, 3.8) is 0 Å². The molecule has 2 N–H and O–H groups in total. The molecule has 2 heteroatoms. The van der Waals surface area contributed by atoms with Crippen molar-refractivity contribution in [1.29, 1.82) is 0 Å². The van der Waals surface area contributed by atoms with Crippen LogP contribution >= 0.6 is 0 Å². The lowest BCUT2D eigenvalue weighted by Crippen LogP contribution is -2.18. The summed E-state index contributed by atoms with van der Waals surface area (Å²) < 4.78 is 0. The predicted molar refractivity (Wildman–Crippen MR) is 78.3 cm³/mol. The van der Waals surface area contributed by atoms with Crippen LogP contribution in [0.15, 0.2) is 29.4 Å². The molecule has 0 aromatic heterocycles. The smallest absolute Gasteiger partial charge is 0.0623 e. The molecule has 0 aliphatic heterocycles. The summed E-state index contributed by atoms with van der Waals surface area (Å²) in [6.07, 6.45) is 6.76. The fourth-order valence-corrected chi connectivity index (χ4v) is 1.59. The van der Waals surface area contributed by atoms with Gasteiger partial charge in [0.2, 0.25) is 0 Å². The monoisotopic (exact) mass is 236 g/mol. The number of allylic oxidation sites excluding steroid dienone is 2. The number of hydrogen-bond acceptors (Lipinski definition) is 2. The summed E-state index contributed by atoms with van der Waals surface area (Å²) in [5.74, 6) is 0. The largest absolute Gasteiger partial charge is 0.405 e. The molecule has 0 aliphatic rings. The van der Waals surface area contributed by atoms with Crippen molar-refractivity contribution in [3.8, 4) is 0 Å². The summed E-state index contributed by atoms with van der Waals surface area (Å²) in [4.78, 5) is 4.79. The van der Waals surface area contributed by atoms with E-state index in [0.29, 0.717) is 6.04 Å². The van der Waals surface area contributed by atoms with Crippen LogP contribution in [0, 0.1) is 5.41 Å². The summed E-state index contributed by atoms with van der Waals surface area (Å²) in [6.45, 7) is 15.0. The first kappa shape index (κ1) is 16.0. The zero-order chi connectivity index (χ0) is 13.5. The van der Waals surface area contributed by atoms with Crippen LogP contribution in [0.3, 0.4) is 0 Å². The van der Waals surface area contributed by atoms with Gasteiger partial charge >= 0.3 is 0 Å². The predicted octanol–water partition coefficient (Wildman–Crippen LogP) is 4.08. The molecule has 0 aliphatic carbocycles. The molecule has 1 atom stereocenters. The molecule has 0 saturated heterocycles. The summed E-state index contributed by atoms with van der Waals surface area (Å²) in [5.41, 5.74) is 7.52. The fraction of sp³-hybridized carbons (Fsp3) is 0.667. The number of rotatable bonds is 6. The van der Waals surface area contributed by atoms with Crippen LogP contribution in [-0.2, 0) is 0 Å². The van der Waals surface area contributed by atoms with Crippen molar-refractivity contribution in [2.45, 2.75) is 59.9 Å². The number of nitrogens with zero attached hydrogens (tertiary/aromatic N) is 1. The maximum absolute atomic E-state index is 5.50. The van der Waals surface area contributed by atoms with Gasteiger partial charge in [-0.25, -0.2) is 0 Å². The molecule has 98 valence electrons. The van der Waals surface area contributed by atoms with Gasteiger partial charge in [-0.1, -0.05) is 47.6 Å². The Morgan fingerprint density at radius 3 is 2.29 bits per heavy atom. The number of hydrogen-bond donors (Lipinski definition) is 1. The van der Waals surface area contributed by atoms with Crippen LogP contribution in [0.5, 0.6) is 0 Å². The molecule has 2 nitrogen and oxygen atoms in total. The molecular weight excluding hydrogens is 208 g/mol. The maximum atomic E-state index is 5.50. The van der Waals surface area contributed by atoms with Gasteiger partial charge < -0.3 is 5.73 Å². The van der Waals surface area contributed by atoms with Crippen molar-refractivity contribution < 1.29 is 0 Å². The lowest BCUT2D eigenvalue weighted by molar-refractivity contribution is 0.523. The molecule has 0 bridgehead atoms. The van der Waals surface area contributed by atoms with E-state index in [1.165, 1.54) is 0 Å². The summed E-state index contributed by atoms with van der Waals surface area (Å²) in [7, 11) is 0. The average Bonchev–Trinajstić information content (AvgIpc) is 2.25. The van der Waals surface area contributed by atoms with Gasteiger partial charge in [0.1, 0.15) is 0 Å². The Kier molecular flexibility index (Phi) is 6.86. The van der Waals surface area contributed by atoms with E-state index in [9.17, 15) is 0 Å². The van der Waals surface area contributed by atoms with Crippen molar-refractivity contribution >= 4 is 5.71 Å². The second kappa shape index (κ2) is 7.31. The van der Waals surface area contributed by atoms with Gasteiger partial charge in [-0.2, -0.15) is 0 Å². The van der Waals surface area contributed by atoms with Gasteiger partial charge in [0, 0.05) is 0 Å². The van der Waals surface area contributed by atoms with E-state index >= 15 is 0 Å². The van der Waals surface area contributed by atoms with Crippen LogP contribution in [0.25, 0.3) is 0 Å². The number of nitrogens with two attached hydrogens (primary N) is 1. The SMILES string of the molecule is C=C(C(C=CN)=NC(CC)CCC)C(C)(C)C. The minimum absolute atomic E-state index is 0.0306. The van der Waals surface area contributed by atoms with Crippen LogP contribution in [0.2, 0.25) is 0 Å². The second-order valence-corrected chi connectivity index (χ2v) is 5.45. The van der Waals surface area contributed by atoms with Gasteiger partial charge in [-0.05, 0) is 36.1 Å². The van der Waals surface area contributed by atoms with Crippen molar-refractivity contribution in [3.05, 3.63) is 24.4 Å². The number of aliphatic imine (C=N–C) groups is 1. The average molecular weight is 236 g/mol. The Labute approximate surface area is 107 Å². The van der Waals surface area contributed by atoms with E-state index in [1.54, 1.807) is 6.20 Å². The Bertz CT molecular complexity index is 293. The second-order valence-electron chi connectivity index (χ2n) is 5.45. The lowest BCUT2D eigenvalue weighted by Gasteiger charge is -2.23. The van der Waals surface area contributed by atoms with Crippen LogP contribution < -0.4 is 5.73 Å². The third-order valence-electron chi connectivity index (χ3n) is 2.88. The molecule has 17 heavy (non-hydrogen) atoms. The van der Waals surface area contributed by atoms with E-state index in [-0.39, 0.29) is 5.41 Å². The highest BCUT2D eigenvalue weighted by Gasteiger charge is 2.19. The highest BCUT2D eigenvalue weighted by atomic mass is 14.8. The van der Waals surface area contributed by atoms with E-state index < -0.39 is 0 Å². The fourth-order valence-electron chi connectivity index (χ4n) is 1.59. The zero-order valence-electron chi connectivity index (χ0n) is 12.1. The van der Waals surface area contributed by atoms with E-state index in [0.717, 1.165) is 30.5 Å². The van der Waals surface area contributed by atoms with Gasteiger partial charge in [-0.15, -0.1) is 0 Å². The van der Waals surface area contributed by atoms with Gasteiger partial charge in [-0.3, -0.25) is 4.99 Å². The molecular formula is C15H28N2. The Morgan fingerprint density at radius 2 is 1.94 bits per heavy atom. The van der Waals surface area contributed by atoms with Crippen LogP contribution in [0.4, 0.5) is 0 Å². The van der Waals surface area contributed by atoms with Gasteiger partial charge in [0.25, 0.3) is 0 Å². The molecule has 0 spiro atoms. The summed E-state index contributed by atoms with van der Waals surface area (Å²) in [5, 5.41) is 0. The Morgan fingerprint density at radius 1 is 1.35 bits per heavy atom. The molecule has 0 aromatic carbocycles. The molecule has 0 radical (unpaired) electrons. The Balaban J connectivity index is 5.08. The van der Waals surface area contributed by atoms with Crippen LogP contribution in [-0.4, -0.2) is 11.8 Å². The highest BCUT2D eigenvalue weighted by Crippen LogP contribution is 2.26. The topological polar surface area (TPSA) is 38.4 Å². The Hall–Kier alpha value is -1.05. The lowest BCUT2D eigenvalue weighted by atomic mass is 9.84. The van der Waals surface area contributed by atoms with E-state index in [4.69, 9.17) is 10.7 Å². The van der Waals surface area contributed by atoms with Crippen molar-refractivity contribution in [2.75, 3.05) is 0 Å². The molecule has 0 heterocycles. The standard InChI is InChI=1S/C15H28N2/c1-7-9-13(8-2)17-14(10-11-16)12(3)15(4,5)6/h10-11,13H,3,7-9,16H2,1-2,4-6H3. The molecule has 0 rings (SSSR count). The molecule has 0 saturated carbocycles. The minimum atomic E-state index is 0.0306.